The van der Waals surface area contributed by atoms with Crippen molar-refractivity contribution >= 4 is 11.8 Å². The number of rotatable bonds is 2. The summed E-state index contributed by atoms with van der Waals surface area (Å²) in [6.07, 6.45) is 3.61. The van der Waals surface area contributed by atoms with Crippen LogP contribution in [0, 0.1) is 0 Å². The summed E-state index contributed by atoms with van der Waals surface area (Å²) in [5, 5.41) is 3.28. The van der Waals surface area contributed by atoms with Crippen molar-refractivity contribution in [2.45, 2.75) is 44.2 Å². The van der Waals surface area contributed by atoms with Crippen LogP contribution in [0.4, 0.5) is 0 Å². The van der Waals surface area contributed by atoms with Gasteiger partial charge in [0, 0.05) is 20.6 Å². The first-order valence-corrected chi connectivity index (χ1v) is 6.73. The van der Waals surface area contributed by atoms with Crippen molar-refractivity contribution in [2.75, 3.05) is 27.2 Å². The second-order valence-electron chi connectivity index (χ2n) is 5.75. The molecular formula is C13H23N3O2. The van der Waals surface area contributed by atoms with Gasteiger partial charge in [-0.15, -0.1) is 0 Å². The SMILES string of the molecule is CN(C)C(=O)C1CCCN1C(=O)C1(C)CCCN1. The Balaban J connectivity index is 2.12. The molecule has 18 heavy (non-hydrogen) atoms. The van der Waals surface area contributed by atoms with Crippen LogP contribution in [-0.2, 0) is 9.59 Å². The van der Waals surface area contributed by atoms with E-state index in [4.69, 9.17) is 0 Å². The molecule has 2 saturated heterocycles. The maximum absolute atomic E-state index is 12.6. The van der Waals surface area contributed by atoms with Gasteiger partial charge in [0.15, 0.2) is 0 Å². The highest BCUT2D eigenvalue weighted by molar-refractivity contribution is 5.92. The van der Waals surface area contributed by atoms with E-state index < -0.39 is 5.54 Å². The molecule has 0 aromatic heterocycles. The molecule has 2 aliphatic heterocycles. The molecule has 2 atom stereocenters. The second-order valence-corrected chi connectivity index (χ2v) is 5.75. The lowest BCUT2D eigenvalue weighted by atomic mass is 9.98. The quantitative estimate of drug-likeness (QED) is 0.765. The number of likely N-dealkylation sites (tertiary alicyclic amines) is 1. The van der Waals surface area contributed by atoms with Crippen LogP contribution >= 0.6 is 0 Å². The largest absolute Gasteiger partial charge is 0.347 e. The summed E-state index contributed by atoms with van der Waals surface area (Å²) in [4.78, 5) is 28.1. The minimum Gasteiger partial charge on any atom is -0.347 e. The summed E-state index contributed by atoms with van der Waals surface area (Å²) in [7, 11) is 3.50. The molecule has 2 aliphatic rings. The first-order valence-electron chi connectivity index (χ1n) is 6.73. The first-order chi connectivity index (χ1) is 8.46. The van der Waals surface area contributed by atoms with Crippen molar-refractivity contribution < 1.29 is 9.59 Å². The van der Waals surface area contributed by atoms with E-state index in [0.717, 1.165) is 32.2 Å². The normalized spacial score (nSPS) is 31.7. The average Bonchev–Trinajstić information content (AvgIpc) is 2.96. The maximum Gasteiger partial charge on any atom is 0.244 e. The van der Waals surface area contributed by atoms with Gasteiger partial charge in [0.25, 0.3) is 0 Å². The highest BCUT2D eigenvalue weighted by Gasteiger charge is 2.44. The Kier molecular flexibility index (Phi) is 3.61. The Morgan fingerprint density at radius 2 is 2.06 bits per heavy atom. The molecule has 1 N–H and O–H groups in total. The summed E-state index contributed by atoms with van der Waals surface area (Å²) in [5.41, 5.74) is -0.463. The van der Waals surface area contributed by atoms with Crippen LogP contribution in [0.25, 0.3) is 0 Å². The fourth-order valence-electron chi connectivity index (χ4n) is 2.96. The summed E-state index contributed by atoms with van der Waals surface area (Å²) in [6.45, 7) is 3.56. The van der Waals surface area contributed by atoms with Gasteiger partial charge in [-0.1, -0.05) is 0 Å². The molecule has 0 aliphatic carbocycles. The molecule has 0 saturated carbocycles. The van der Waals surface area contributed by atoms with E-state index in [1.807, 2.05) is 6.92 Å². The van der Waals surface area contributed by atoms with Crippen LogP contribution in [0.15, 0.2) is 0 Å². The predicted octanol–water partition coefficient (Wildman–Crippen LogP) is 0.208. The predicted molar refractivity (Wildman–Crippen MR) is 69.1 cm³/mol. The van der Waals surface area contributed by atoms with Gasteiger partial charge in [0.1, 0.15) is 6.04 Å². The summed E-state index contributed by atoms with van der Waals surface area (Å²) in [6, 6.07) is -0.258. The summed E-state index contributed by atoms with van der Waals surface area (Å²) in [5.74, 6) is 0.139. The lowest BCUT2D eigenvalue weighted by Gasteiger charge is -2.33. The second kappa shape index (κ2) is 4.88. The van der Waals surface area contributed by atoms with Crippen molar-refractivity contribution in [3.8, 4) is 0 Å². The van der Waals surface area contributed by atoms with E-state index in [2.05, 4.69) is 5.32 Å². The lowest BCUT2D eigenvalue weighted by molar-refractivity contribution is -0.145. The Labute approximate surface area is 108 Å². The Morgan fingerprint density at radius 1 is 1.33 bits per heavy atom. The molecule has 0 bridgehead atoms. The van der Waals surface area contributed by atoms with E-state index in [9.17, 15) is 9.59 Å². The van der Waals surface area contributed by atoms with Gasteiger partial charge in [-0.25, -0.2) is 0 Å². The number of carbonyl (C=O) groups is 2. The molecule has 0 aromatic rings. The molecule has 5 heteroatoms. The van der Waals surface area contributed by atoms with Gasteiger partial charge < -0.3 is 15.1 Å². The van der Waals surface area contributed by atoms with Gasteiger partial charge in [-0.3, -0.25) is 9.59 Å². The third kappa shape index (κ3) is 2.23. The molecular weight excluding hydrogens is 230 g/mol. The van der Waals surface area contributed by atoms with E-state index in [0.29, 0.717) is 6.54 Å². The van der Waals surface area contributed by atoms with Crippen molar-refractivity contribution in [3.63, 3.8) is 0 Å². The van der Waals surface area contributed by atoms with Gasteiger partial charge in [-0.05, 0) is 39.2 Å². The number of carbonyl (C=O) groups excluding carboxylic acids is 2. The van der Waals surface area contributed by atoms with Crippen LogP contribution in [0.3, 0.4) is 0 Å². The van der Waals surface area contributed by atoms with Crippen LogP contribution in [0.5, 0.6) is 0 Å². The van der Waals surface area contributed by atoms with E-state index in [1.165, 1.54) is 0 Å². The van der Waals surface area contributed by atoms with Crippen LogP contribution < -0.4 is 5.32 Å². The smallest absolute Gasteiger partial charge is 0.244 e. The molecule has 102 valence electrons. The number of nitrogens with one attached hydrogen (secondary N) is 1. The Bertz CT molecular complexity index is 348. The molecule has 0 radical (unpaired) electrons. The zero-order valence-electron chi connectivity index (χ0n) is 11.5. The van der Waals surface area contributed by atoms with Gasteiger partial charge >= 0.3 is 0 Å². The molecule has 0 aromatic carbocycles. The van der Waals surface area contributed by atoms with Crippen molar-refractivity contribution in [3.05, 3.63) is 0 Å². The standard InChI is InChI=1S/C13H23N3O2/c1-13(7-5-8-14-13)12(18)16-9-4-6-10(16)11(17)15(2)3/h10,14H,4-9H2,1-3H3. The highest BCUT2D eigenvalue weighted by atomic mass is 16.2. The van der Waals surface area contributed by atoms with E-state index in [-0.39, 0.29) is 17.9 Å². The zero-order chi connectivity index (χ0) is 13.3. The van der Waals surface area contributed by atoms with Crippen LogP contribution in [0.1, 0.15) is 32.6 Å². The molecule has 2 heterocycles. The average molecular weight is 253 g/mol. The third-order valence-electron chi connectivity index (χ3n) is 4.08. The fraction of sp³-hybridized carbons (Fsp3) is 0.846. The molecule has 0 spiro atoms. The Morgan fingerprint density at radius 3 is 2.61 bits per heavy atom. The zero-order valence-corrected chi connectivity index (χ0v) is 11.5. The summed E-state index contributed by atoms with van der Waals surface area (Å²) < 4.78 is 0. The lowest BCUT2D eigenvalue weighted by Crippen LogP contribution is -2.56. The third-order valence-corrected chi connectivity index (χ3v) is 4.08. The number of hydrogen-bond acceptors (Lipinski definition) is 3. The number of hydrogen-bond donors (Lipinski definition) is 1. The van der Waals surface area contributed by atoms with Gasteiger partial charge in [0.2, 0.25) is 11.8 Å². The van der Waals surface area contributed by atoms with Crippen molar-refractivity contribution in [2.24, 2.45) is 0 Å². The Hall–Kier alpha value is -1.10. The van der Waals surface area contributed by atoms with E-state index >= 15 is 0 Å². The molecule has 5 nitrogen and oxygen atoms in total. The van der Waals surface area contributed by atoms with Crippen LogP contribution in [0.2, 0.25) is 0 Å². The maximum atomic E-state index is 12.6. The van der Waals surface area contributed by atoms with Crippen molar-refractivity contribution in [1.29, 1.82) is 0 Å². The number of amides is 2. The fourth-order valence-corrected chi connectivity index (χ4v) is 2.96. The molecule has 2 fully saturated rings. The molecule has 2 rings (SSSR count). The molecule has 2 amide bonds. The van der Waals surface area contributed by atoms with Gasteiger partial charge in [-0.2, -0.15) is 0 Å². The number of likely N-dealkylation sites (N-methyl/N-ethyl adjacent to an activating group) is 1. The van der Waals surface area contributed by atoms with Gasteiger partial charge in [0.05, 0.1) is 5.54 Å². The monoisotopic (exact) mass is 253 g/mol. The molecule has 2 unspecified atom stereocenters. The van der Waals surface area contributed by atoms with Crippen molar-refractivity contribution in [1.82, 2.24) is 15.1 Å². The minimum absolute atomic E-state index is 0.0439. The highest BCUT2D eigenvalue weighted by Crippen LogP contribution is 2.27. The first kappa shape index (κ1) is 13.3. The number of nitrogens with zero attached hydrogens (tertiary/aromatic N) is 2. The minimum atomic E-state index is -0.463. The topological polar surface area (TPSA) is 52.7 Å². The van der Waals surface area contributed by atoms with E-state index in [1.54, 1.807) is 23.9 Å². The van der Waals surface area contributed by atoms with Crippen LogP contribution in [-0.4, -0.2) is 60.4 Å². The summed E-state index contributed by atoms with van der Waals surface area (Å²) >= 11 is 0.